The lowest BCUT2D eigenvalue weighted by atomic mass is 9.98. The van der Waals surface area contributed by atoms with Crippen LogP contribution < -0.4 is 19.5 Å². The van der Waals surface area contributed by atoms with Gasteiger partial charge in [-0.2, -0.15) is 0 Å². The highest BCUT2D eigenvalue weighted by molar-refractivity contribution is 5.92. The first-order valence-electron chi connectivity index (χ1n) is 8.58. The quantitative estimate of drug-likeness (QED) is 0.863. The SMILES string of the molecule is CCC(C)c1ccccc1OCC(=O)Nc1ccc2c(c1)OCCO2. The van der Waals surface area contributed by atoms with Crippen LogP contribution in [0.5, 0.6) is 17.2 Å². The van der Waals surface area contributed by atoms with Crippen molar-refractivity contribution >= 4 is 11.6 Å². The summed E-state index contributed by atoms with van der Waals surface area (Å²) in [7, 11) is 0. The molecule has 1 aliphatic rings. The fourth-order valence-electron chi connectivity index (χ4n) is 2.70. The number of carbonyl (C=O) groups excluding carboxylic acids is 1. The van der Waals surface area contributed by atoms with Crippen LogP contribution in [0.2, 0.25) is 0 Å². The molecule has 0 fully saturated rings. The molecule has 0 aliphatic carbocycles. The molecular formula is C20H23NO4. The van der Waals surface area contributed by atoms with Crippen LogP contribution in [0.25, 0.3) is 0 Å². The molecule has 0 bridgehead atoms. The first-order valence-corrected chi connectivity index (χ1v) is 8.58. The predicted octanol–water partition coefficient (Wildman–Crippen LogP) is 3.99. The number of amides is 1. The van der Waals surface area contributed by atoms with E-state index in [9.17, 15) is 4.79 Å². The Hall–Kier alpha value is -2.69. The number of para-hydroxylation sites is 1. The van der Waals surface area contributed by atoms with E-state index in [1.807, 2.05) is 24.3 Å². The van der Waals surface area contributed by atoms with Crippen LogP contribution in [0.1, 0.15) is 31.7 Å². The maximum Gasteiger partial charge on any atom is 0.262 e. The number of benzene rings is 2. The van der Waals surface area contributed by atoms with Gasteiger partial charge in [0.05, 0.1) is 0 Å². The van der Waals surface area contributed by atoms with Gasteiger partial charge in [0.25, 0.3) is 5.91 Å². The summed E-state index contributed by atoms with van der Waals surface area (Å²) in [5.74, 6) is 2.27. The van der Waals surface area contributed by atoms with Gasteiger partial charge in [0, 0.05) is 11.8 Å². The standard InChI is InChI=1S/C20H23NO4/c1-3-14(2)16-6-4-5-7-17(16)25-13-20(22)21-15-8-9-18-19(12-15)24-11-10-23-18/h4-9,12,14H,3,10-11,13H2,1-2H3,(H,21,22). The van der Waals surface area contributed by atoms with Crippen LogP contribution in [0.15, 0.2) is 42.5 Å². The highest BCUT2D eigenvalue weighted by Crippen LogP contribution is 2.32. The normalized spacial score (nSPS) is 13.8. The van der Waals surface area contributed by atoms with Crippen molar-refractivity contribution in [2.75, 3.05) is 25.1 Å². The summed E-state index contributed by atoms with van der Waals surface area (Å²) in [6, 6.07) is 13.2. The molecule has 0 spiro atoms. The molecule has 0 saturated carbocycles. The van der Waals surface area contributed by atoms with E-state index < -0.39 is 0 Å². The minimum absolute atomic E-state index is 0.0398. The van der Waals surface area contributed by atoms with Crippen molar-refractivity contribution in [3.63, 3.8) is 0 Å². The van der Waals surface area contributed by atoms with E-state index in [4.69, 9.17) is 14.2 Å². The Kier molecular flexibility index (Phi) is 5.43. The van der Waals surface area contributed by atoms with E-state index >= 15 is 0 Å². The second-order valence-corrected chi connectivity index (χ2v) is 6.04. The number of hydrogen-bond acceptors (Lipinski definition) is 4. The molecule has 1 unspecified atom stereocenters. The third-order valence-corrected chi connectivity index (χ3v) is 4.25. The number of ether oxygens (including phenoxy) is 3. The van der Waals surface area contributed by atoms with Gasteiger partial charge in [-0.3, -0.25) is 4.79 Å². The summed E-state index contributed by atoms with van der Waals surface area (Å²) in [5, 5.41) is 2.83. The molecule has 25 heavy (non-hydrogen) atoms. The Morgan fingerprint density at radius 3 is 2.72 bits per heavy atom. The first kappa shape index (κ1) is 17.1. The van der Waals surface area contributed by atoms with Gasteiger partial charge in [-0.05, 0) is 36.1 Å². The summed E-state index contributed by atoms with van der Waals surface area (Å²) in [4.78, 5) is 12.2. The van der Waals surface area contributed by atoms with E-state index in [1.54, 1.807) is 18.2 Å². The Morgan fingerprint density at radius 2 is 1.92 bits per heavy atom. The Balaban J connectivity index is 1.60. The molecular weight excluding hydrogens is 318 g/mol. The highest BCUT2D eigenvalue weighted by atomic mass is 16.6. The number of fused-ring (bicyclic) bond motifs is 1. The van der Waals surface area contributed by atoms with E-state index in [0.717, 1.165) is 17.7 Å². The Morgan fingerprint density at radius 1 is 1.16 bits per heavy atom. The van der Waals surface area contributed by atoms with Crippen LogP contribution in [0.4, 0.5) is 5.69 Å². The number of nitrogens with one attached hydrogen (secondary N) is 1. The monoisotopic (exact) mass is 341 g/mol. The molecule has 0 aromatic heterocycles. The lowest BCUT2D eigenvalue weighted by molar-refractivity contribution is -0.118. The molecule has 1 heterocycles. The second-order valence-electron chi connectivity index (χ2n) is 6.04. The third-order valence-electron chi connectivity index (χ3n) is 4.25. The van der Waals surface area contributed by atoms with E-state index in [-0.39, 0.29) is 12.5 Å². The zero-order chi connectivity index (χ0) is 17.6. The molecule has 0 radical (unpaired) electrons. The molecule has 2 aromatic carbocycles. The summed E-state index contributed by atoms with van der Waals surface area (Å²) >= 11 is 0. The zero-order valence-electron chi connectivity index (χ0n) is 14.6. The molecule has 0 saturated heterocycles. The second kappa shape index (κ2) is 7.92. The van der Waals surface area contributed by atoms with Crippen molar-refractivity contribution in [3.05, 3.63) is 48.0 Å². The maximum atomic E-state index is 12.2. The Labute approximate surface area is 147 Å². The first-order chi connectivity index (χ1) is 12.2. The molecule has 132 valence electrons. The van der Waals surface area contributed by atoms with Crippen LogP contribution in [-0.4, -0.2) is 25.7 Å². The van der Waals surface area contributed by atoms with Crippen LogP contribution in [0.3, 0.4) is 0 Å². The van der Waals surface area contributed by atoms with Crippen LogP contribution in [0, 0.1) is 0 Å². The molecule has 1 atom stereocenters. The third kappa shape index (κ3) is 4.24. The fraction of sp³-hybridized carbons (Fsp3) is 0.350. The lowest BCUT2D eigenvalue weighted by Crippen LogP contribution is -2.21. The predicted molar refractivity (Wildman–Crippen MR) is 96.7 cm³/mol. The van der Waals surface area contributed by atoms with Gasteiger partial charge < -0.3 is 19.5 Å². The summed E-state index contributed by atoms with van der Waals surface area (Å²) in [5.41, 5.74) is 1.78. The Bertz CT molecular complexity index is 744. The number of anilines is 1. The highest BCUT2D eigenvalue weighted by Gasteiger charge is 2.14. The van der Waals surface area contributed by atoms with Gasteiger partial charge in [-0.1, -0.05) is 32.0 Å². The minimum Gasteiger partial charge on any atom is -0.486 e. The topological polar surface area (TPSA) is 56.8 Å². The molecule has 1 aliphatic heterocycles. The fourth-order valence-corrected chi connectivity index (χ4v) is 2.70. The van der Waals surface area contributed by atoms with E-state index in [0.29, 0.717) is 36.3 Å². The van der Waals surface area contributed by atoms with Gasteiger partial charge in [0.1, 0.15) is 19.0 Å². The van der Waals surface area contributed by atoms with Crippen molar-refractivity contribution in [3.8, 4) is 17.2 Å². The molecule has 3 rings (SSSR count). The van der Waals surface area contributed by atoms with Crippen LogP contribution >= 0.6 is 0 Å². The van der Waals surface area contributed by atoms with Gasteiger partial charge in [-0.15, -0.1) is 0 Å². The average molecular weight is 341 g/mol. The smallest absolute Gasteiger partial charge is 0.262 e. The minimum atomic E-state index is -0.212. The number of carbonyl (C=O) groups is 1. The molecule has 5 heteroatoms. The molecule has 1 N–H and O–H groups in total. The van der Waals surface area contributed by atoms with Crippen molar-refractivity contribution in [2.45, 2.75) is 26.2 Å². The largest absolute Gasteiger partial charge is 0.486 e. The van der Waals surface area contributed by atoms with Crippen molar-refractivity contribution in [2.24, 2.45) is 0 Å². The van der Waals surface area contributed by atoms with Gasteiger partial charge >= 0.3 is 0 Å². The van der Waals surface area contributed by atoms with Crippen molar-refractivity contribution in [1.29, 1.82) is 0 Å². The maximum absolute atomic E-state index is 12.2. The number of hydrogen-bond donors (Lipinski definition) is 1. The summed E-state index contributed by atoms with van der Waals surface area (Å²) < 4.78 is 16.7. The lowest BCUT2D eigenvalue weighted by Gasteiger charge is -2.19. The van der Waals surface area contributed by atoms with Gasteiger partial charge in [0.2, 0.25) is 0 Å². The molecule has 5 nitrogen and oxygen atoms in total. The molecule has 1 amide bonds. The zero-order valence-corrected chi connectivity index (χ0v) is 14.6. The average Bonchev–Trinajstić information content (AvgIpc) is 2.66. The van der Waals surface area contributed by atoms with E-state index in [1.165, 1.54) is 0 Å². The van der Waals surface area contributed by atoms with Gasteiger partial charge in [-0.25, -0.2) is 0 Å². The molecule has 2 aromatic rings. The van der Waals surface area contributed by atoms with Crippen molar-refractivity contribution < 1.29 is 19.0 Å². The summed E-state index contributed by atoms with van der Waals surface area (Å²) in [6.45, 7) is 5.30. The van der Waals surface area contributed by atoms with Crippen molar-refractivity contribution in [1.82, 2.24) is 0 Å². The number of rotatable bonds is 6. The van der Waals surface area contributed by atoms with E-state index in [2.05, 4.69) is 19.2 Å². The van der Waals surface area contributed by atoms with Gasteiger partial charge in [0.15, 0.2) is 18.1 Å². The van der Waals surface area contributed by atoms with Crippen LogP contribution in [-0.2, 0) is 4.79 Å². The summed E-state index contributed by atoms with van der Waals surface area (Å²) in [6.07, 6.45) is 1.02.